The number of aromatic hydroxyl groups is 1. The molecular weight excluding hydrogens is 334 g/mol. The molecule has 1 aromatic heterocycles. The SMILES string of the molecule is Nc1nnc(-c2ccccc2O)cc1N1CC2CCCC(C1)N2C(=O)O. The lowest BCUT2D eigenvalue weighted by Crippen LogP contribution is -2.62. The monoisotopic (exact) mass is 355 g/mol. The highest BCUT2D eigenvalue weighted by Crippen LogP contribution is 2.35. The molecule has 0 radical (unpaired) electrons. The van der Waals surface area contributed by atoms with Crippen molar-refractivity contribution in [3.8, 4) is 17.0 Å². The molecule has 2 saturated heterocycles. The van der Waals surface area contributed by atoms with E-state index in [1.54, 1.807) is 23.1 Å². The average Bonchev–Trinajstić information content (AvgIpc) is 2.61. The number of nitrogen functional groups attached to an aromatic ring is 1. The normalized spacial score (nSPS) is 22.3. The molecule has 2 bridgehead atoms. The third-order valence-corrected chi connectivity index (χ3v) is 5.27. The van der Waals surface area contributed by atoms with E-state index in [1.165, 1.54) is 0 Å². The van der Waals surface area contributed by atoms with Crippen molar-refractivity contribution in [3.05, 3.63) is 30.3 Å². The van der Waals surface area contributed by atoms with Crippen molar-refractivity contribution in [1.29, 1.82) is 0 Å². The molecule has 136 valence electrons. The Morgan fingerprint density at radius 3 is 2.50 bits per heavy atom. The van der Waals surface area contributed by atoms with Crippen LogP contribution in [0.1, 0.15) is 19.3 Å². The number of carboxylic acid groups (broad SMARTS) is 1. The number of fused-ring (bicyclic) bond motifs is 2. The first-order valence-corrected chi connectivity index (χ1v) is 8.72. The minimum absolute atomic E-state index is 0.0406. The zero-order chi connectivity index (χ0) is 18.3. The Morgan fingerprint density at radius 1 is 1.15 bits per heavy atom. The molecule has 4 N–H and O–H groups in total. The van der Waals surface area contributed by atoms with Crippen LogP contribution in [0.15, 0.2) is 30.3 Å². The zero-order valence-electron chi connectivity index (χ0n) is 14.2. The molecule has 2 unspecified atom stereocenters. The minimum atomic E-state index is -0.852. The van der Waals surface area contributed by atoms with Gasteiger partial charge in [-0.15, -0.1) is 10.2 Å². The van der Waals surface area contributed by atoms with Gasteiger partial charge in [0.25, 0.3) is 0 Å². The number of phenols is 1. The van der Waals surface area contributed by atoms with Crippen molar-refractivity contribution in [2.24, 2.45) is 0 Å². The Balaban J connectivity index is 1.67. The fraction of sp³-hybridized carbons (Fsp3) is 0.389. The van der Waals surface area contributed by atoms with Crippen LogP contribution in [0.2, 0.25) is 0 Å². The molecule has 2 aliphatic heterocycles. The van der Waals surface area contributed by atoms with E-state index in [0.29, 0.717) is 30.2 Å². The van der Waals surface area contributed by atoms with Gasteiger partial charge in [0.2, 0.25) is 0 Å². The van der Waals surface area contributed by atoms with Crippen molar-refractivity contribution in [3.63, 3.8) is 0 Å². The lowest BCUT2D eigenvalue weighted by molar-refractivity contribution is 0.0606. The van der Waals surface area contributed by atoms with Crippen LogP contribution >= 0.6 is 0 Å². The van der Waals surface area contributed by atoms with Crippen molar-refractivity contribution in [2.45, 2.75) is 31.3 Å². The maximum absolute atomic E-state index is 11.6. The Labute approximate surface area is 150 Å². The molecular formula is C18H21N5O3. The van der Waals surface area contributed by atoms with E-state index in [1.807, 2.05) is 12.1 Å². The van der Waals surface area contributed by atoms with E-state index in [4.69, 9.17) is 5.73 Å². The summed E-state index contributed by atoms with van der Waals surface area (Å²) < 4.78 is 0. The summed E-state index contributed by atoms with van der Waals surface area (Å²) in [6, 6.07) is 8.69. The van der Waals surface area contributed by atoms with Crippen LogP contribution in [0.4, 0.5) is 16.3 Å². The summed E-state index contributed by atoms with van der Waals surface area (Å²) in [5.41, 5.74) is 7.94. The number of anilines is 2. The number of hydrogen-bond acceptors (Lipinski definition) is 6. The third-order valence-electron chi connectivity index (χ3n) is 5.27. The summed E-state index contributed by atoms with van der Waals surface area (Å²) in [7, 11) is 0. The number of phenolic OH excluding ortho intramolecular Hbond substituents is 1. The lowest BCUT2D eigenvalue weighted by atomic mass is 9.91. The van der Waals surface area contributed by atoms with Gasteiger partial charge in [0.15, 0.2) is 5.82 Å². The highest BCUT2D eigenvalue weighted by atomic mass is 16.4. The third kappa shape index (κ3) is 2.77. The first kappa shape index (κ1) is 16.4. The van der Waals surface area contributed by atoms with Gasteiger partial charge in [-0.05, 0) is 37.5 Å². The number of piperidine rings is 1. The first-order chi connectivity index (χ1) is 12.5. The lowest BCUT2D eigenvalue weighted by Gasteiger charge is -2.49. The topological polar surface area (TPSA) is 116 Å². The maximum Gasteiger partial charge on any atom is 0.407 e. The second-order valence-corrected chi connectivity index (χ2v) is 6.85. The van der Waals surface area contributed by atoms with Gasteiger partial charge in [-0.2, -0.15) is 0 Å². The van der Waals surface area contributed by atoms with Crippen molar-refractivity contribution >= 4 is 17.6 Å². The number of amides is 1. The van der Waals surface area contributed by atoms with Crippen molar-refractivity contribution in [1.82, 2.24) is 15.1 Å². The fourth-order valence-corrected chi connectivity index (χ4v) is 4.08. The van der Waals surface area contributed by atoms with Crippen LogP contribution in [-0.4, -0.2) is 56.6 Å². The second kappa shape index (κ2) is 6.36. The van der Waals surface area contributed by atoms with E-state index in [9.17, 15) is 15.0 Å². The zero-order valence-corrected chi connectivity index (χ0v) is 14.2. The maximum atomic E-state index is 11.6. The summed E-state index contributed by atoms with van der Waals surface area (Å²) in [6.45, 7) is 1.16. The molecule has 4 rings (SSSR count). The second-order valence-electron chi connectivity index (χ2n) is 6.85. The standard InChI is InChI=1S/C18H21N5O3/c19-17-15(8-14(20-21-17)13-6-1-2-7-16(13)24)22-9-11-4-3-5-12(10-22)23(11)18(25)26/h1-2,6-8,11-12,24H,3-5,9-10H2,(H2,19,21)(H,25,26). The molecule has 8 heteroatoms. The van der Waals surface area contributed by atoms with E-state index in [2.05, 4.69) is 15.1 Å². The number of hydrogen-bond donors (Lipinski definition) is 3. The summed E-state index contributed by atoms with van der Waals surface area (Å²) in [5.74, 6) is 0.441. The van der Waals surface area contributed by atoms with Crippen molar-refractivity contribution < 1.29 is 15.0 Å². The van der Waals surface area contributed by atoms with Gasteiger partial charge < -0.3 is 20.8 Å². The minimum Gasteiger partial charge on any atom is -0.507 e. The Morgan fingerprint density at radius 2 is 1.85 bits per heavy atom. The highest BCUT2D eigenvalue weighted by Gasteiger charge is 2.40. The molecule has 26 heavy (non-hydrogen) atoms. The van der Waals surface area contributed by atoms with Crippen LogP contribution in [0, 0.1) is 0 Å². The first-order valence-electron chi connectivity index (χ1n) is 8.72. The smallest absolute Gasteiger partial charge is 0.407 e. The predicted octanol–water partition coefficient (Wildman–Crippen LogP) is 2.15. The summed E-state index contributed by atoms with van der Waals surface area (Å²) in [4.78, 5) is 15.3. The van der Waals surface area contributed by atoms with Gasteiger partial charge in [-0.1, -0.05) is 12.1 Å². The molecule has 0 spiro atoms. The number of para-hydroxylation sites is 1. The van der Waals surface area contributed by atoms with E-state index in [0.717, 1.165) is 24.9 Å². The number of aromatic nitrogens is 2. The van der Waals surface area contributed by atoms with Crippen LogP contribution in [0.3, 0.4) is 0 Å². The number of carbonyl (C=O) groups is 1. The number of benzene rings is 1. The number of nitrogens with zero attached hydrogens (tertiary/aromatic N) is 4. The molecule has 1 aromatic carbocycles. The summed E-state index contributed by atoms with van der Waals surface area (Å²) in [6.07, 6.45) is 1.89. The summed E-state index contributed by atoms with van der Waals surface area (Å²) in [5, 5.41) is 27.8. The van der Waals surface area contributed by atoms with Crippen LogP contribution < -0.4 is 10.6 Å². The molecule has 2 aromatic rings. The van der Waals surface area contributed by atoms with Gasteiger partial charge >= 0.3 is 6.09 Å². The molecule has 2 atom stereocenters. The Kier molecular flexibility index (Phi) is 4.02. The quantitative estimate of drug-likeness (QED) is 0.756. The van der Waals surface area contributed by atoms with Crippen LogP contribution in [0.25, 0.3) is 11.3 Å². The summed E-state index contributed by atoms with van der Waals surface area (Å²) >= 11 is 0. The molecule has 8 nitrogen and oxygen atoms in total. The number of piperazine rings is 1. The average molecular weight is 355 g/mol. The van der Waals surface area contributed by atoms with Gasteiger partial charge in [0, 0.05) is 18.7 Å². The van der Waals surface area contributed by atoms with E-state index in [-0.39, 0.29) is 17.8 Å². The van der Waals surface area contributed by atoms with Gasteiger partial charge in [-0.25, -0.2) is 4.79 Å². The number of rotatable bonds is 2. The van der Waals surface area contributed by atoms with Gasteiger partial charge in [0.05, 0.1) is 23.5 Å². The van der Waals surface area contributed by atoms with Crippen LogP contribution in [0.5, 0.6) is 5.75 Å². The van der Waals surface area contributed by atoms with Crippen molar-refractivity contribution in [2.75, 3.05) is 23.7 Å². The van der Waals surface area contributed by atoms with Gasteiger partial charge in [0.1, 0.15) is 5.75 Å². The molecule has 0 saturated carbocycles. The molecule has 2 fully saturated rings. The Bertz CT molecular complexity index is 829. The molecule has 3 heterocycles. The van der Waals surface area contributed by atoms with E-state index >= 15 is 0 Å². The molecule has 2 aliphatic rings. The highest BCUT2D eigenvalue weighted by molar-refractivity contribution is 5.74. The number of nitrogens with two attached hydrogens (primary N) is 1. The predicted molar refractivity (Wildman–Crippen MR) is 97.0 cm³/mol. The molecule has 0 aliphatic carbocycles. The van der Waals surface area contributed by atoms with Crippen LogP contribution in [-0.2, 0) is 0 Å². The molecule has 1 amide bonds. The largest absolute Gasteiger partial charge is 0.507 e. The fourth-order valence-electron chi connectivity index (χ4n) is 4.08. The Hall–Kier alpha value is -3.03. The van der Waals surface area contributed by atoms with E-state index < -0.39 is 6.09 Å². The van der Waals surface area contributed by atoms with Gasteiger partial charge in [-0.3, -0.25) is 4.90 Å².